The number of benzene rings is 1. The van der Waals surface area contributed by atoms with E-state index in [0.29, 0.717) is 11.1 Å². The molecule has 1 aromatic carbocycles. The van der Waals surface area contributed by atoms with Crippen molar-refractivity contribution < 1.29 is 14.3 Å². The molecular weight excluding hydrogens is 195 g/mol. The summed E-state index contributed by atoms with van der Waals surface area (Å²) in [4.78, 5) is 10.7. The second-order valence-electron chi connectivity index (χ2n) is 4.15. The van der Waals surface area contributed by atoms with Crippen LogP contribution in [0.4, 0.5) is 4.39 Å². The molecule has 0 amide bonds. The zero-order valence-corrected chi connectivity index (χ0v) is 9.12. The average molecular weight is 210 g/mol. The van der Waals surface area contributed by atoms with Crippen LogP contribution in [0.25, 0.3) is 0 Å². The molecule has 0 heterocycles. The van der Waals surface area contributed by atoms with Gasteiger partial charge in [0.1, 0.15) is 5.67 Å². The minimum absolute atomic E-state index is 0.554. The highest BCUT2D eigenvalue weighted by atomic mass is 19.1. The van der Waals surface area contributed by atoms with Crippen LogP contribution in [-0.2, 0) is 10.5 Å². The van der Waals surface area contributed by atoms with Crippen LogP contribution in [0.15, 0.2) is 24.3 Å². The summed E-state index contributed by atoms with van der Waals surface area (Å²) in [5.41, 5.74) is -0.135. The fraction of sp³-hybridized carbons (Fsp3) is 0.417. The van der Waals surface area contributed by atoms with E-state index in [9.17, 15) is 9.18 Å². The van der Waals surface area contributed by atoms with Gasteiger partial charge < -0.3 is 5.11 Å². The molecule has 0 fully saturated rings. The highest BCUT2D eigenvalue weighted by molar-refractivity contribution is 5.75. The van der Waals surface area contributed by atoms with E-state index in [2.05, 4.69) is 0 Å². The molecule has 1 aromatic rings. The lowest BCUT2D eigenvalue weighted by Crippen LogP contribution is -2.10. The maximum absolute atomic E-state index is 13.5. The van der Waals surface area contributed by atoms with Gasteiger partial charge in [-0.3, -0.25) is 4.79 Å². The summed E-state index contributed by atoms with van der Waals surface area (Å²) in [7, 11) is 0. The smallest absolute Gasteiger partial charge is 0.310 e. The Bertz CT molecular complexity index is 349. The number of aliphatic carboxylic acids is 1. The molecule has 0 aromatic heterocycles. The summed E-state index contributed by atoms with van der Waals surface area (Å²) in [5, 5.41) is 8.79. The van der Waals surface area contributed by atoms with E-state index in [0.717, 1.165) is 0 Å². The number of carboxylic acids is 1. The summed E-state index contributed by atoms with van der Waals surface area (Å²) >= 11 is 0. The highest BCUT2D eigenvalue weighted by Gasteiger charge is 2.19. The summed E-state index contributed by atoms with van der Waals surface area (Å²) < 4.78 is 13.5. The Kier molecular flexibility index (Phi) is 3.12. The zero-order chi connectivity index (χ0) is 11.6. The van der Waals surface area contributed by atoms with Crippen LogP contribution in [0.1, 0.15) is 37.8 Å². The first-order valence-electron chi connectivity index (χ1n) is 4.84. The molecule has 0 saturated carbocycles. The number of hydrogen-bond acceptors (Lipinski definition) is 1. The second kappa shape index (κ2) is 4.01. The van der Waals surface area contributed by atoms with E-state index in [1.165, 1.54) is 13.8 Å². The quantitative estimate of drug-likeness (QED) is 0.832. The molecule has 0 bridgehead atoms. The standard InChI is InChI=1S/C12H15FO2/c1-8(11(14)15)9-4-6-10(7-5-9)12(2,3)13/h4-8H,1-3H3,(H,14,15). The van der Waals surface area contributed by atoms with Gasteiger partial charge in [-0.05, 0) is 31.9 Å². The molecule has 1 N–H and O–H groups in total. The van der Waals surface area contributed by atoms with Crippen LogP contribution >= 0.6 is 0 Å². The lowest BCUT2D eigenvalue weighted by molar-refractivity contribution is -0.138. The van der Waals surface area contributed by atoms with Crippen molar-refractivity contribution in [2.75, 3.05) is 0 Å². The van der Waals surface area contributed by atoms with E-state index in [1.54, 1.807) is 31.2 Å². The van der Waals surface area contributed by atoms with E-state index in [4.69, 9.17) is 5.11 Å². The van der Waals surface area contributed by atoms with Crippen LogP contribution in [-0.4, -0.2) is 11.1 Å². The number of rotatable bonds is 3. The molecule has 2 nitrogen and oxygen atoms in total. The fourth-order valence-electron chi connectivity index (χ4n) is 1.31. The zero-order valence-electron chi connectivity index (χ0n) is 9.12. The summed E-state index contributed by atoms with van der Waals surface area (Å²) in [6.07, 6.45) is 0. The SMILES string of the molecule is CC(C(=O)O)c1ccc(C(C)(C)F)cc1. The molecular formula is C12H15FO2. The first-order chi connectivity index (χ1) is 6.82. The Morgan fingerprint density at radius 2 is 1.80 bits per heavy atom. The van der Waals surface area contributed by atoms with Gasteiger partial charge in [0.05, 0.1) is 5.92 Å². The van der Waals surface area contributed by atoms with Crippen LogP contribution in [0, 0.1) is 0 Å². The van der Waals surface area contributed by atoms with Gasteiger partial charge in [-0.25, -0.2) is 4.39 Å². The predicted octanol–water partition coefficient (Wildman–Crippen LogP) is 3.08. The highest BCUT2D eigenvalue weighted by Crippen LogP contribution is 2.26. The monoisotopic (exact) mass is 210 g/mol. The van der Waals surface area contributed by atoms with Crippen molar-refractivity contribution in [2.24, 2.45) is 0 Å². The van der Waals surface area contributed by atoms with E-state index >= 15 is 0 Å². The summed E-state index contributed by atoms with van der Waals surface area (Å²) in [6.45, 7) is 4.56. The molecule has 3 heteroatoms. The Balaban J connectivity index is 2.95. The van der Waals surface area contributed by atoms with Crippen molar-refractivity contribution in [3.8, 4) is 0 Å². The third kappa shape index (κ3) is 2.78. The lowest BCUT2D eigenvalue weighted by atomic mass is 9.95. The predicted molar refractivity (Wildman–Crippen MR) is 56.6 cm³/mol. The average Bonchev–Trinajstić information content (AvgIpc) is 2.15. The molecule has 0 aliphatic carbocycles. The number of alkyl halides is 1. The van der Waals surface area contributed by atoms with Gasteiger partial charge in [0, 0.05) is 0 Å². The second-order valence-corrected chi connectivity index (χ2v) is 4.15. The number of carboxylic acid groups (broad SMARTS) is 1. The summed E-state index contributed by atoms with van der Waals surface area (Å²) in [6, 6.07) is 6.59. The van der Waals surface area contributed by atoms with Crippen molar-refractivity contribution >= 4 is 5.97 Å². The fourth-order valence-corrected chi connectivity index (χ4v) is 1.31. The van der Waals surface area contributed by atoms with E-state index in [-0.39, 0.29) is 0 Å². The van der Waals surface area contributed by atoms with Crippen LogP contribution < -0.4 is 0 Å². The number of hydrogen-bond donors (Lipinski definition) is 1. The van der Waals surface area contributed by atoms with Crippen molar-refractivity contribution in [3.05, 3.63) is 35.4 Å². The van der Waals surface area contributed by atoms with Crippen LogP contribution in [0.3, 0.4) is 0 Å². The Labute approximate surface area is 88.7 Å². The maximum atomic E-state index is 13.5. The molecule has 1 rings (SSSR count). The van der Waals surface area contributed by atoms with Crippen LogP contribution in [0.2, 0.25) is 0 Å². The molecule has 0 radical (unpaired) electrons. The molecule has 82 valence electrons. The van der Waals surface area contributed by atoms with Gasteiger partial charge in [-0.1, -0.05) is 24.3 Å². The van der Waals surface area contributed by atoms with E-state index < -0.39 is 17.6 Å². The molecule has 0 spiro atoms. The van der Waals surface area contributed by atoms with Gasteiger partial charge in [-0.2, -0.15) is 0 Å². The minimum Gasteiger partial charge on any atom is -0.481 e. The van der Waals surface area contributed by atoms with Gasteiger partial charge in [0.15, 0.2) is 0 Å². The van der Waals surface area contributed by atoms with Gasteiger partial charge in [0.2, 0.25) is 0 Å². The molecule has 1 unspecified atom stereocenters. The van der Waals surface area contributed by atoms with Crippen LogP contribution in [0.5, 0.6) is 0 Å². The Morgan fingerprint density at radius 3 is 2.13 bits per heavy atom. The lowest BCUT2D eigenvalue weighted by Gasteiger charge is -2.15. The van der Waals surface area contributed by atoms with Gasteiger partial charge in [0.25, 0.3) is 0 Å². The molecule has 0 saturated heterocycles. The minimum atomic E-state index is -1.38. The van der Waals surface area contributed by atoms with Crippen molar-refractivity contribution in [2.45, 2.75) is 32.4 Å². The third-order valence-electron chi connectivity index (χ3n) is 2.47. The molecule has 1 atom stereocenters. The van der Waals surface area contributed by atoms with Crippen molar-refractivity contribution in [3.63, 3.8) is 0 Å². The molecule has 0 aliphatic rings. The van der Waals surface area contributed by atoms with Gasteiger partial charge >= 0.3 is 5.97 Å². The normalized spacial score (nSPS) is 13.6. The number of carbonyl (C=O) groups is 1. The first-order valence-corrected chi connectivity index (χ1v) is 4.84. The Morgan fingerprint density at radius 1 is 1.33 bits per heavy atom. The van der Waals surface area contributed by atoms with Crippen molar-refractivity contribution in [1.82, 2.24) is 0 Å². The maximum Gasteiger partial charge on any atom is 0.310 e. The molecule has 0 aliphatic heterocycles. The topological polar surface area (TPSA) is 37.3 Å². The van der Waals surface area contributed by atoms with E-state index in [1.807, 2.05) is 0 Å². The first kappa shape index (κ1) is 11.7. The van der Waals surface area contributed by atoms with Crippen molar-refractivity contribution in [1.29, 1.82) is 0 Å². The van der Waals surface area contributed by atoms with Gasteiger partial charge in [-0.15, -0.1) is 0 Å². The molecule has 15 heavy (non-hydrogen) atoms. The largest absolute Gasteiger partial charge is 0.481 e. The third-order valence-corrected chi connectivity index (χ3v) is 2.47. The summed E-state index contributed by atoms with van der Waals surface area (Å²) in [5.74, 6) is -1.43. The number of halogens is 1. The Hall–Kier alpha value is -1.38.